The van der Waals surface area contributed by atoms with Crippen LogP contribution < -0.4 is 11.3 Å². The Hall–Kier alpha value is -1.65. The van der Waals surface area contributed by atoms with Gasteiger partial charge >= 0.3 is 0 Å². The summed E-state index contributed by atoms with van der Waals surface area (Å²) in [5.74, 6) is 6.32. The standard InChI is InChI=1S/C11H13N3O/c12-14-10(11-4-2-6-15-11)7-9-3-1-5-13-8-9/h1-6,8,10,14H,7,12H2. The Labute approximate surface area is 88.1 Å². The fourth-order valence-electron chi connectivity index (χ4n) is 1.49. The largest absolute Gasteiger partial charge is 0.468 e. The number of nitrogens with one attached hydrogen (secondary N) is 1. The number of hydrogen-bond acceptors (Lipinski definition) is 4. The van der Waals surface area contributed by atoms with Gasteiger partial charge in [-0.15, -0.1) is 0 Å². The van der Waals surface area contributed by atoms with Crippen LogP contribution in [0.15, 0.2) is 47.3 Å². The summed E-state index contributed by atoms with van der Waals surface area (Å²) in [7, 11) is 0. The van der Waals surface area contributed by atoms with Crippen molar-refractivity contribution in [2.24, 2.45) is 5.84 Å². The number of furan rings is 1. The first kappa shape index (κ1) is 9.89. The molecular weight excluding hydrogens is 190 g/mol. The molecule has 0 aliphatic heterocycles. The minimum absolute atomic E-state index is 0.0100. The van der Waals surface area contributed by atoms with Crippen molar-refractivity contribution in [2.75, 3.05) is 0 Å². The summed E-state index contributed by atoms with van der Waals surface area (Å²) in [6.45, 7) is 0. The highest BCUT2D eigenvalue weighted by Gasteiger charge is 2.12. The summed E-state index contributed by atoms with van der Waals surface area (Å²) < 4.78 is 5.30. The van der Waals surface area contributed by atoms with Gasteiger partial charge in [-0.25, -0.2) is 5.43 Å². The molecule has 78 valence electrons. The molecule has 0 saturated heterocycles. The summed E-state index contributed by atoms with van der Waals surface area (Å²) >= 11 is 0. The van der Waals surface area contributed by atoms with Gasteiger partial charge in [0.1, 0.15) is 5.76 Å². The number of pyridine rings is 1. The number of hydrogen-bond donors (Lipinski definition) is 2. The summed E-state index contributed by atoms with van der Waals surface area (Å²) in [6, 6.07) is 7.67. The van der Waals surface area contributed by atoms with Gasteiger partial charge in [0, 0.05) is 12.4 Å². The third kappa shape index (κ3) is 2.43. The Morgan fingerprint density at radius 2 is 2.33 bits per heavy atom. The van der Waals surface area contributed by atoms with Crippen LogP contribution in [-0.2, 0) is 6.42 Å². The van der Waals surface area contributed by atoms with Gasteiger partial charge in [-0.05, 0) is 30.2 Å². The molecule has 0 aliphatic carbocycles. The molecule has 0 fully saturated rings. The van der Waals surface area contributed by atoms with Gasteiger partial charge < -0.3 is 4.42 Å². The van der Waals surface area contributed by atoms with Crippen LogP contribution in [0.2, 0.25) is 0 Å². The lowest BCUT2D eigenvalue weighted by Gasteiger charge is -2.12. The molecule has 2 rings (SSSR count). The second kappa shape index (κ2) is 4.72. The van der Waals surface area contributed by atoms with Crippen LogP contribution in [-0.4, -0.2) is 4.98 Å². The Morgan fingerprint density at radius 1 is 1.40 bits per heavy atom. The molecular formula is C11H13N3O. The summed E-state index contributed by atoms with van der Waals surface area (Å²) in [5.41, 5.74) is 3.85. The van der Waals surface area contributed by atoms with Gasteiger partial charge in [-0.2, -0.15) is 0 Å². The fraction of sp³-hybridized carbons (Fsp3) is 0.182. The van der Waals surface area contributed by atoms with Crippen molar-refractivity contribution in [3.05, 3.63) is 54.2 Å². The topological polar surface area (TPSA) is 64.1 Å². The third-order valence-corrected chi connectivity index (χ3v) is 2.25. The molecule has 0 spiro atoms. The molecule has 4 nitrogen and oxygen atoms in total. The molecule has 0 amide bonds. The maximum Gasteiger partial charge on any atom is 0.122 e. The Morgan fingerprint density at radius 3 is 2.93 bits per heavy atom. The SMILES string of the molecule is NNC(Cc1cccnc1)c1ccco1. The highest BCUT2D eigenvalue weighted by Crippen LogP contribution is 2.17. The Balaban J connectivity index is 2.10. The van der Waals surface area contributed by atoms with Gasteiger partial charge in [0.05, 0.1) is 12.3 Å². The van der Waals surface area contributed by atoms with Crippen LogP contribution >= 0.6 is 0 Å². The molecule has 0 aromatic carbocycles. The van der Waals surface area contributed by atoms with Gasteiger partial charge in [-0.1, -0.05) is 6.07 Å². The molecule has 1 atom stereocenters. The van der Waals surface area contributed by atoms with E-state index < -0.39 is 0 Å². The monoisotopic (exact) mass is 203 g/mol. The zero-order chi connectivity index (χ0) is 10.5. The predicted octanol–water partition coefficient (Wildman–Crippen LogP) is 1.42. The lowest BCUT2D eigenvalue weighted by Crippen LogP contribution is -2.29. The van der Waals surface area contributed by atoms with Crippen LogP contribution in [0.1, 0.15) is 17.4 Å². The normalized spacial score (nSPS) is 12.6. The Bertz CT molecular complexity index is 385. The van der Waals surface area contributed by atoms with E-state index >= 15 is 0 Å². The zero-order valence-electron chi connectivity index (χ0n) is 8.26. The molecule has 3 N–H and O–H groups in total. The van der Waals surface area contributed by atoms with Crippen molar-refractivity contribution in [1.82, 2.24) is 10.4 Å². The lowest BCUT2D eigenvalue weighted by atomic mass is 10.1. The van der Waals surface area contributed by atoms with Crippen molar-refractivity contribution in [3.63, 3.8) is 0 Å². The summed E-state index contributed by atoms with van der Waals surface area (Å²) in [5, 5.41) is 0. The van der Waals surface area contributed by atoms with Crippen LogP contribution in [0.4, 0.5) is 0 Å². The molecule has 0 bridgehead atoms. The van der Waals surface area contributed by atoms with E-state index in [1.54, 1.807) is 12.5 Å². The highest BCUT2D eigenvalue weighted by atomic mass is 16.3. The molecule has 2 aromatic heterocycles. The average Bonchev–Trinajstić information content (AvgIpc) is 2.81. The van der Waals surface area contributed by atoms with Crippen molar-refractivity contribution < 1.29 is 4.42 Å². The molecule has 4 heteroatoms. The molecule has 2 aromatic rings. The van der Waals surface area contributed by atoms with Crippen LogP contribution in [0.25, 0.3) is 0 Å². The lowest BCUT2D eigenvalue weighted by molar-refractivity contribution is 0.416. The third-order valence-electron chi connectivity index (χ3n) is 2.25. The van der Waals surface area contributed by atoms with E-state index in [0.717, 1.165) is 17.7 Å². The zero-order valence-corrected chi connectivity index (χ0v) is 8.26. The maximum atomic E-state index is 5.48. The van der Waals surface area contributed by atoms with Gasteiger partial charge in [0.15, 0.2) is 0 Å². The van der Waals surface area contributed by atoms with E-state index in [-0.39, 0.29) is 6.04 Å². The molecule has 15 heavy (non-hydrogen) atoms. The van der Waals surface area contributed by atoms with Crippen LogP contribution in [0.5, 0.6) is 0 Å². The number of rotatable bonds is 4. The van der Waals surface area contributed by atoms with Gasteiger partial charge in [0.2, 0.25) is 0 Å². The van der Waals surface area contributed by atoms with Crippen molar-refractivity contribution in [3.8, 4) is 0 Å². The number of hydrazine groups is 1. The minimum atomic E-state index is -0.0100. The van der Waals surface area contributed by atoms with E-state index in [4.69, 9.17) is 10.3 Å². The fourth-order valence-corrected chi connectivity index (χ4v) is 1.49. The first-order chi connectivity index (χ1) is 7.40. The average molecular weight is 203 g/mol. The molecule has 0 aliphatic rings. The van der Waals surface area contributed by atoms with Crippen molar-refractivity contribution in [2.45, 2.75) is 12.5 Å². The molecule has 0 radical (unpaired) electrons. The second-order valence-corrected chi connectivity index (χ2v) is 3.30. The predicted molar refractivity (Wildman–Crippen MR) is 56.7 cm³/mol. The smallest absolute Gasteiger partial charge is 0.122 e. The van der Waals surface area contributed by atoms with Crippen molar-refractivity contribution in [1.29, 1.82) is 0 Å². The maximum absolute atomic E-state index is 5.48. The quantitative estimate of drug-likeness (QED) is 0.582. The van der Waals surface area contributed by atoms with E-state index in [1.165, 1.54) is 0 Å². The van der Waals surface area contributed by atoms with E-state index in [2.05, 4.69) is 10.4 Å². The molecule has 2 heterocycles. The van der Waals surface area contributed by atoms with Gasteiger partial charge in [-0.3, -0.25) is 10.8 Å². The Kier molecular flexibility index (Phi) is 3.11. The van der Waals surface area contributed by atoms with Gasteiger partial charge in [0.25, 0.3) is 0 Å². The summed E-state index contributed by atoms with van der Waals surface area (Å²) in [4.78, 5) is 4.05. The van der Waals surface area contributed by atoms with Crippen molar-refractivity contribution >= 4 is 0 Å². The minimum Gasteiger partial charge on any atom is -0.468 e. The van der Waals surface area contributed by atoms with Crippen LogP contribution in [0.3, 0.4) is 0 Å². The first-order valence-electron chi connectivity index (χ1n) is 4.78. The van der Waals surface area contributed by atoms with E-state index in [1.807, 2.05) is 30.5 Å². The highest BCUT2D eigenvalue weighted by molar-refractivity contribution is 5.14. The van der Waals surface area contributed by atoms with E-state index in [9.17, 15) is 0 Å². The summed E-state index contributed by atoms with van der Waals surface area (Å²) in [6.07, 6.45) is 5.98. The molecule has 0 saturated carbocycles. The van der Waals surface area contributed by atoms with E-state index in [0.29, 0.717) is 0 Å². The number of aromatic nitrogens is 1. The van der Waals surface area contributed by atoms with Crippen LogP contribution in [0, 0.1) is 0 Å². The number of nitrogens with two attached hydrogens (primary N) is 1. The number of nitrogens with zero attached hydrogens (tertiary/aromatic N) is 1. The molecule has 1 unspecified atom stereocenters. The second-order valence-electron chi connectivity index (χ2n) is 3.30. The first-order valence-corrected chi connectivity index (χ1v) is 4.78.